The number of hydrogen-bond acceptors (Lipinski definition) is 9. The number of nitrogens with zero attached hydrogens (tertiary/aromatic N) is 3. The minimum Gasteiger partial charge on any atom is -0.444 e. The Morgan fingerprint density at radius 1 is 1.22 bits per heavy atom. The molecule has 172 valence electrons. The first-order chi connectivity index (χ1) is 15.2. The molecule has 0 radical (unpaired) electrons. The Kier molecular flexibility index (Phi) is 6.80. The third-order valence-electron chi connectivity index (χ3n) is 5.29. The van der Waals surface area contributed by atoms with Crippen molar-refractivity contribution in [3.05, 3.63) is 23.2 Å². The SMILES string of the molecule is Cc1cc(Nc2nc(NC3CCC(CNC(=O)OC(C)(C)C)CC3)c3sccc3n2)sn1. The standard InChI is InChI=1S/C22H30N6O2S2/c1-13-11-17(32-28-13)26-20-25-16-9-10-31-18(16)19(27-20)24-15-7-5-14(6-8-15)12-23-21(29)30-22(2,3)4/h9-11,14-15H,5-8,12H2,1-4H3,(H,23,29)(H2,24,25,26,27). The number of hydrogen-bond donors (Lipinski definition) is 3. The Labute approximate surface area is 196 Å². The van der Waals surface area contributed by atoms with Crippen LogP contribution in [0.3, 0.4) is 0 Å². The number of carbonyl (C=O) groups is 1. The van der Waals surface area contributed by atoms with Crippen LogP contribution in [-0.4, -0.2) is 38.6 Å². The predicted molar refractivity (Wildman–Crippen MR) is 131 cm³/mol. The first-order valence-electron chi connectivity index (χ1n) is 10.9. The van der Waals surface area contributed by atoms with Gasteiger partial charge in [0.25, 0.3) is 0 Å². The van der Waals surface area contributed by atoms with Gasteiger partial charge in [0.2, 0.25) is 5.95 Å². The Balaban J connectivity index is 1.34. The van der Waals surface area contributed by atoms with Gasteiger partial charge >= 0.3 is 6.09 Å². The average molecular weight is 475 g/mol. The molecular formula is C22H30N6O2S2. The maximum atomic E-state index is 11.9. The molecule has 0 saturated heterocycles. The number of fused-ring (bicyclic) bond motifs is 1. The van der Waals surface area contributed by atoms with Gasteiger partial charge in [0.15, 0.2) is 0 Å². The fraction of sp³-hybridized carbons (Fsp3) is 0.545. The van der Waals surface area contributed by atoms with Gasteiger partial charge in [0, 0.05) is 12.6 Å². The summed E-state index contributed by atoms with van der Waals surface area (Å²) in [6.07, 6.45) is 3.84. The minimum atomic E-state index is -0.469. The van der Waals surface area contributed by atoms with E-state index >= 15 is 0 Å². The van der Waals surface area contributed by atoms with E-state index in [0.717, 1.165) is 52.4 Å². The van der Waals surface area contributed by atoms with Crippen molar-refractivity contribution in [1.29, 1.82) is 0 Å². The lowest BCUT2D eigenvalue weighted by Crippen LogP contribution is -2.37. The summed E-state index contributed by atoms with van der Waals surface area (Å²) in [6, 6.07) is 4.37. The summed E-state index contributed by atoms with van der Waals surface area (Å²) in [7, 11) is 0. The van der Waals surface area contributed by atoms with Crippen LogP contribution in [0.1, 0.15) is 52.1 Å². The van der Waals surface area contributed by atoms with E-state index in [1.54, 1.807) is 11.3 Å². The molecule has 1 amide bonds. The van der Waals surface area contributed by atoms with E-state index in [1.807, 2.05) is 45.2 Å². The fourth-order valence-electron chi connectivity index (χ4n) is 3.80. The molecular weight excluding hydrogens is 444 g/mol. The first kappa shape index (κ1) is 22.7. The third kappa shape index (κ3) is 6.07. The highest BCUT2D eigenvalue weighted by molar-refractivity contribution is 7.17. The van der Waals surface area contributed by atoms with Crippen LogP contribution in [0, 0.1) is 12.8 Å². The van der Waals surface area contributed by atoms with Gasteiger partial charge in [-0.05, 0) is 88.3 Å². The molecule has 0 bridgehead atoms. The highest BCUT2D eigenvalue weighted by Gasteiger charge is 2.24. The lowest BCUT2D eigenvalue weighted by Gasteiger charge is -2.30. The van der Waals surface area contributed by atoms with Gasteiger partial charge in [0.1, 0.15) is 16.4 Å². The molecule has 3 aromatic rings. The summed E-state index contributed by atoms with van der Waals surface area (Å²) in [5.74, 6) is 1.93. The van der Waals surface area contributed by atoms with Crippen molar-refractivity contribution in [2.75, 3.05) is 17.2 Å². The zero-order valence-corrected chi connectivity index (χ0v) is 20.5. The minimum absolute atomic E-state index is 0.338. The Hall–Kier alpha value is -2.46. The summed E-state index contributed by atoms with van der Waals surface area (Å²) < 4.78 is 10.7. The zero-order valence-electron chi connectivity index (χ0n) is 18.9. The van der Waals surface area contributed by atoms with E-state index in [4.69, 9.17) is 9.72 Å². The van der Waals surface area contributed by atoms with E-state index in [1.165, 1.54) is 11.5 Å². The average Bonchev–Trinajstić information content (AvgIpc) is 3.35. The fourth-order valence-corrected chi connectivity index (χ4v) is 5.23. The number of nitrogens with one attached hydrogen (secondary N) is 3. The molecule has 1 aliphatic rings. The number of amides is 1. The number of aryl methyl sites for hydroxylation is 1. The van der Waals surface area contributed by atoms with Gasteiger partial charge in [-0.2, -0.15) is 9.36 Å². The monoisotopic (exact) mass is 474 g/mol. The van der Waals surface area contributed by atoms with Crippen LogP contribution in [-0.2, 0) is 4.74 Å². The van der Waals surface area contributed by atoms with Crippen LogP contribution in [0.2, 0.25) is 0 Å². The van der Waals surface area contributed by atoms with Crippen molar-refractivity contribution in [2.45, 2.75) is 65.0 Å². The van der Waals surface area contributed by atoms with Crippen LogP contribution in [0.25, 0.3) is 10.2 Å². The van der Waals surface area contributed by atoms with Gasteiger partial charge in [-0.1, -0.05) is 0 Å². The van der Waals surface area contributed by atoms with Gasteiger partial charge in [-0.15, -0.1) is 11.3 Å². The second-order valence-corrected chi connectivity index (χ2v) is 11.0. The highest BCUT2D eigenvalue weighted by Crippen LogP contribution is 2.32. The van der Waals surface area contributed by atoms with Gasteiger partial charge in [-0.25, -0.2) is 9.78 Å². The van der Waals surface area contributed by atoms with Crippen LogP contribution in [0.4, 0.5) is 21.6 Å². The molecule has 4 rings (SSSR count). The van der Waals surface area contributed by atoms with Crippen molar-refractivity contribution in [3.63, 3.8) is 0 Å². The van der Waals surface area contributed by atoms with E-state index < -0.39 is 5.60 Å². The molecule has 1 saturated carbocycles. The number of carbonyl (C=O) groups excluding carboxylic acids is 1. The van der Waals surface area contributed by atoms with Crippen LogP contribution in [0.5, 0.6) is 0 Å². The van der Waals surface area contributed by atoms with Crippen molar-refractivity contribution in [2.24, 2.45) is 5.92 Å². The topological polar surface area (TPSA) is 101 Å². The summed E-state index contributed by atoms with van der Waals surface area (Å²) in [5.41, 5.74) is 1.44. The Morgan fingerprint density at radius 3 is 2.69 bits per heavy atom. The molecule has 3 heterocycles. The molecule has 0 spiro atoms. The Morgan fingerprint density at radius 2 is 2.00 bits per heavy atom. The van der Waals surface area contributed by atoms with Crippen molar-refractivity contribution in [1.82, 2.24) is 19.7 Å². The lowest BCUT2D eigenvalue weighted by atomic mass is 9.86. The molecule has 0 atom stereocenters. The van der Waals surface area contributed by atoms with Gasteiger partial charge in [-0.3, -0.25) is 0 Å². The van der Waals surface area contributed by atoms with Crippen LogP contribution in [0.15, 0.2) is 17.5 Å². The molecule has 32 heavy (non-hydrogen) atoms. The van der Waals surface area contributed by atoms with Crippen LogP contribution < -0.4 is 16.0 Å². The molecule has 8 nitrogen and oxygen atoms in total. The molecule has 1 fully saturated rings. The number of alkyl carbamates (subject to hydrolysis) is 1. The largest absolute Gasteiger partial charge is 0.444 e. The maximum Gasteiger partial charge on any atom is 0.407 e. The molecule has 3 N–H and O–H groups in total. The summed E-state index contributed by atoms with van der Waals surface area (Å²) >= 11 is 3.06. The molecule has 1 aliphatic carbocycles. The zero-order chi connectivity index (χ0) is 22.7. The van der Waals surface area contributed by atoms with E-state index in [2.05, 4.69) is 25.3 Å². The van der Waals surface area contributed by atoms with E-state index in [0.29, 0.717) is 24.5 Å². The normalized spacial score (nSPS) is 19.0. The maximum absolute atomic E-state index is 11.9. The first-order valence-corrected chi connectivity index (χ1v) is 12.6. The number of aromatic nitrogens is 3. The van der Waals surface area contributed by atoms with Crippen molar-refractivity contribution < 1.29 is 9.53 Å². The van der Waals surface area contributed by atoms with Crippen molar-refractivity contribution in [3.8, 4) is 0 Å². The van der Waals surface area contributed by atoms with Gasteiger partial charge < -0.3 is 20.7 Å². The smallest absolute Gasteiger partial charge is 0.407 e. The quantitative estimate of drug-likeness (QED) is 0.421. The summed E-state index contributed by atoms with van der Waals surface area (Å²) in [5, 5.41) is 12.8. The molecule has 10 heteroatoms. The second-order valence-electron chi connectivity index (χ2n) is 9.23. The number of ether oxygens (including phenoxy) is 1. The van der Waals surface area contributed by atoms with Gasteiger partial charge in [0.05, 0.1) is 15.9 Å². The number of rotatable bonds is 6. The van der Waals surface area contributed by atoms with Crippen LogP contribution >= 0.6 is 22.9 Å². The van der Waals surface area contributed by atoms with Crippen molar-refractivity contribution >= 4 is 55.9 Å². The third-order valence-corrected chi connectivity index (χ3v) is 6.99. The molecule has 0 unspecified atom stereocenters. The lowest BCUT2D eigenvalue weighted by molar-refractivity contribution is 0.0515. The predicted octanol–water partition coefficient (Wildman–Crippen LogP) is 5.70. The van der Waals surface area contributed by atoms with E-state index in [9.17, 15) is 4.79 Å². The summed E-state index contributed by atoms with van der Waals surface area (Å²) in [6.45, 7) is 8.25. The molecule has 0 aliphatic heterocycles. The number of thiophene rings is 1. The summed E-state index contributed by atoms with van der Waals surface area (Å²) in [4.78, 5) is 21.3. The Bertz CT molecular complexity index is 1070. The highest BCUT2D eigenvalue weighted by atomic mass is 32.1. The second kappa shape index (κ2) is 9.58. The molecule has 3 aromatic heterocycles. The number of anilines is 3. The van der Waals surface area contributed by atoms with E-state index in [-0.39, 0.29) is 6.09 Å². The molecule has 0 aromatic carbocycles.